The van der Waals surface area contributed by atoms with Gasteiger partial charge >= 0.3 is 5.97 Å². The number of nitrogens with zero attached hydrogens (tertiary/aromatic N) is 1. The van der Waals surface area contributed by atoms with Crippen molar-refractivity contribution in [3.8, 4) is 0 Å². The first-order chi connectivity index (χ1) is 9.32. The summed E-state index contributed by atoms with van der Waals surface area (Å²) in [5, 5.41) is 9.08. The molecule has 1 aromatic carbocycles. The molecule has 2 rings (SSSR count). The maximum atomic E-state index is 12.5. The lowest BCUT2D eigenvalue weighted by Gasteiger charge is -2.29. The van der Waals surface area contributed by atoms with Crippen LogP contribution in [0.15, 0.2) is 27.6 Å². The van der Waals surface area contributed by atoms with Crippen LogP contribution in [-0.2, 0) is 14.8 Å². The first-order valence-electron chi connectivity index (χ1n) is 6.00. The third-order valence-corrected chi connectivity index (χ3v) is 6.19. The minimum absolute atomic E-state index is 0.0520. The van der Waals surface area contributed by atoms with E-state index in [1.54, 1.807) is 6.07 Å². The molecule has 1 aliphatic rings. The van der Waals surface area contributed by atoms with E-state index in [-0.39, 0.29) is 23.0 Å². The van der Waals surface area contributed by atoms with Gasteiger partial charge in [-0.2, -0.15) is 4.31 Å². The lowest BCUT2D eigenvalue weighted by atomic mass is 9.99. The van der Waals surface area contributed by atoms with E-state index in [0.717, 1.165) is 0 Å². The summed E-state index contributed by atoms with van der Waals surface area (Å²) in [5.41, 5.74) is 0. The van der Waals surface area contributed by atoms with Crippen molar-refractivity contribution in [2.24, 2.45) is 5.92 Å². The van der Waals surface area contributed by atoms with Crippen molar-refractivity contribution < 1.29 is 18.3 Å². The van der Waals surface area contributed by atoms with Crippen molar-refractivity contribution in [3.05, 3.63) is 27.7 Å². The standard InChI is InChI=1S/C12H13BrClNO4S/c13-9-1-2-11(10(14)7-9)20(18,19)15-5-3-8(4-6-15)12(16)17/h1-2,7-8H,3-6H2,(H,16,17). The highest BCUT2D eigenvalue weighted by molar-refractivity contribution is 9.10. The Hall–Kier alpha value is -0.630. The molecule has 0 bridgehead atoms. The van der Waals surface area contributed by atoms with Crippen LogP contribution in [0.25, 0.3) is 0 Å². The predicted octanol–water partition coefficient (Wildman–Crippen LogP) is 2.59. The van der Waals surface area contributed by atoms with E-state index in [1.807, 2.05) is 0 Å². The average molecular weight is 383 g/mol. The van der Waals surface area contributed by atoms with Crippen LogP contribution in [-0.4, -0.2) is 36.9 Å². The predicted molar refractivity (Wildman–Crippen MR) is 78.3 cm³/mol. The van der Waals surface area contributed by atoms with Gasteiger partial charge in [0.2, 0.25) is 10.0 Å². The Balaban J connectivity index is 2.22. The summed E-state index contributed by atoms with van der Waals surface area (Å²) in [6.07, 6.45) is 0.644. The lowest BCUT2D eigenvalue weighted by Crippen LogP contribution is -2.40. The molecule has 0 unspecified atom stereocenters. The molecule has 1 N–H and O–H groups in total. The van der Waals surface area contributed by atoms with Crippen molar-refractivity contribution in [1.29, 1.82) is 0 Å². The van der Waals surface area contributed by atoms with Gasteiger partial charge in [-0.15, -0.1) is 0 Å². The number of piperidine rings is 1. The highest BCUT2D eigenvalue weighted by atomic mass is 79.9. The van der Waals surface area contributed by atoms with Gasteiger partial charge in [0, 0.05) is 17.6 Å². The summed E-state index contributed by atoms with van der Waals surface area (Å²) in [5.74, 6) is -1.34. The molecule has 20 heavy (non-hydrogen) atoms. The van der Waals surface area contributed by atoms with Gasteiger partial charge < -0.3 is 5.11 Å². The Morgan fingerprint density at radius 1 is 1.35 bits per heavy atom. The molecule has 0 saturated carbocycles. The lowest BCUT2D eigenvalue weighted by molar-refractivity contribution is -0.142. The van der Waals surface area contributed by atoms with Crippen LogP contribution in [0.5, 0.6) is 0 Å². The van der Waals surface area contributed by atoms with Crippen LogP contribution in [0.2, 0.25) is 5.02 Å². The van der Waals surface area contributed by atoms with Gasteiger partial charge in [0.25, 0.3) is 0 Å². The number of halogens is 2. The molecule has 0 aromatic heterocycles. The highest BCUT2D eigenvalue weighted by Crippen LogP contribution is 2.30. The number of sulfonamides is 1. The number of hydrogen-bond acceptors (Lipinski definition) is 3. The van der Waals surface area contributed by atoms with Crippen molar-refractivity contribution in [2.45, 2.75) is 17.7 Å². The van der Waals surface area contributed by atoms with Gasteiger partial charge in [0.15, 0.2) is 0 Å². The van der Waals surface area contributed by atoms with Crippen molar-refractivity contribution in [3.63, 3.8) is 0 Å². The number of hydrogen-bond donors (Lipinski definition) is 1. The Morgan fingerprint density at radius 2 is 1.95 bits per heavy atom. The SMILES string of the molecule is O=C(O)C1CCN(S(=O)(=O)c2ccc(Br)cc2Cl)CC1. The molecule has 1 heterocycles. The number of rotatable bonds is 3. The van der Waals surface area contributed by atoms with E-state index in [4.69, 9.17) is 16.7 Å². The quantitative estimate of drug-likeness (QED) is 0.872. The summed E-state index contributed by atoms with van der Waals surface area (Å²) in [6, 6.07) is 4.59. The molecule has 0 amide bonds. The van der Waals surface area contributed by atoms with Gasteiger partial charge in [-0.3, -0.25) is 4.79 Å². The summed E-state index contributed by atoms with van der Waals surface area (Å²) < 4.78 is 26.9. The molecule has 0 radical (unpaired) electrons. The Kier molecular flexibility index (Phi) is 4.73. The van der Waals surface area contributed by atoms with Gasteiger partial charge in [-0.05, 0) is 31.0 Å². The largest absolute Gasteiger partial charge is 0.481 e. The smallest absolute Gasteiger partial charge is 0.306 e. The van der Waals surface area contributed by atoms with E-state index in [2.05, 4.69) is 15.9 Å². The molecule has 1 aromatic rings. The third-order valence-electron chi connectivity index (χ3n) is 3.31. The van der Waals surface area contributed by atoms with Crippen molar-refractivity contribution in [2.75, 3.05) is 13.1 Å². The molecule has 0 aliphatic carbocycles. The number of aliphatic carboxylic acids is 1. The zero-order valence-corrected chi connectivity index (χ0v) is 13.6. The minimum Gasteiger partial charge on any atom is -0.481 e. The van der Waals surface area contributed by atoms with Crippen LogP contribution in [0.3, 0.4) is 0 Å². The van der Waals surface area contributed by atoms with Gasteiger partial charge in [0.1, 0.15) is 4.90 Å². The van der Waals surface area contributed by atoms with E-state index in [0.29, 0.717) is 17.3 Å². The van der Waals surface area contributed by atoms with E-state index in [9.17, 15) is 13.2 Å². The zero-order valence-electron chi connectivity index (χ0n) is 10.4. The highest BCUT2D eigenvalue weighted by Gasteiger charge is 2.32. The summed E-state index contributed by atoms with van der Waals surface area (Å²) in [7, 11) is -3.67. The number of carboxylic acids is 1. The summed E-state index contributed by atoms with van der Waals surface area (Å²) in [6.45, 7) is 0.400. The number of carboxylic acid groups (broad SMARTS) is 1. The Bertz CT molecular complexity index is 626. The Morgan fingerprint density at radius 3 is 2.45 bits per heavy atom. The molecular formula is C12H13BrClNO4S. The maximum absolute atomic E-state index is 12.5. The normalized spacial score (nSPS) is 18.1. The second kappa shape index (κ2) is 6.01. The molecular weight excluding hydrogens is 370 g/mol. The molecule has 1 fully saturated rings. The second-order valence-corrected chi connectivity index (χ2v) is 7.82. The molecule has 0 atom stereocenters. The molecule has 1 saturated heterocycles. The molecule has 5 nitrogen and oxygen atoms in total. The fourth-order valence-electron chi connectivity index (χ4n) is 2.17. The zero-order chi connectivity index (χ0) is 14.9. The van der Waals surface area contributed by atoms with Crippen LogP contribution >= 0.6 is 27.5 Å². The number of benzene rings is 1. The average Bonchev–Trinajstić information content (AvgIpc) is 2.38. The first-order valence-corrected chi connectivity index (χ1v) is 8.61. The molecule has 0 spiro atoms. The molecule has 110 valence electrons. The van der Waals surface area contributed by atoms with Gasteiger partial charge in [-0.25, -0.2) is 8.42 Å². The monoisotopic (exact) mass is 381 g/mol. The first kappa shape index (κ1) is 15.8. The van der Waals surface area contributed by atoms with Gasteiger partial charge in [-0.1, -0.05) is 27.5 Å². The van der Waals surface area contributed by atoms with Crippen molar-refractivity contribution >= 4 is 43.5 Å². The van der Waals surface area contributed by atoms with E-state index in [1.165, 1.54) is 16.4 Å². The molecule has 8 heteroatoms. The fraction of sp³-hybridized carbons (Fsp3) is 0.417. The van der Waals surface area contributed by atoms with Crippen LogP contribution in [0, 0.1) is 5.92 Å². The topological polar surface area (TPSA) is 74.7 Å². The van der Waals surface area contributed by atoms with Crippen LogP contribution < -0.4 is 0 Å². The van der Waals surface area contributed by atoms with Crippen LogP contribution in [0.1, 0.15) is 12.8 Å². The summed E-state index contributed by atoms with van der Waals surface area (Å²) >= 11 is 9.21. The van der Waals surface area contributed by atoms with E-state index >= 15 is 0 Å². The third kappa shape index (κ3) is 3.16. The Labute approximate surface area is 130 Å². The van der Waals surface area contributed by atoms with Crippen molar-refractivity contribution in [1.82, 2.24) is 4.31 Å². The maximum Gasteiger partial charge on any atom is 0.306 e. The molecule has 1 aliphatic heterocycles. The van der Waals surface area contributed by atoms with Crippen LogP contribution in [0.4, 0.5) is 0 Å². The van der Waals surface area contributed by atoms with E-state index < -0.39 is 21.9 Å². The minimum atomic E-state index is -3.67. The summed E-state index contributed by atoms with van der Waals surface area (Å²) in [4.78, 5) is 10.9. The number of carbonyl (C=O) groups is 1. The fourth-order valence-corrected chi connectivity index (χ4v) is 4.65. The van der Waals surface area contributed by atoms with Gasteiger partial charge in [0.05, 0.1) is 10.9 Å². The second-order valence-electron chi connectivity index (χ2n) is 4.59.